The molecule has 13 rings (SSSR count). The first-order valence-electron chi connectivity index (χ1n) is 21.8. The van der Waals surface area contributed by atoms with Crippen LogP contribution in [0.15, 0.2) is 224 Å². The second-order valence-electron chi connectivity index (χ2n) is 16.6. The Balaban J connectivity index is 1.09. The van der Waals surface area contributed by atoms with Crippen LogP contribution in [0.3, 0.4) is 0 Å². The molecule has 64 heavy (non-hydrogen) atoms. The SMILES string of the molecule is c1ccc(-c2cc(-c3ccc(-c4cccc5c4-c4c(ccc6c(-c7ccccc7)nc7ccccc7c46)C54c5ccccc5Oc5ccccc54)cc3)nc(-c3ccccc3)n2)cc1. The van der Waals surface area contributed by atoms with Crippen LogP contribution in [0.25, 0.3) is 89.1 Å². The summed E-state index contributed by atoms with van der Waals surface area (Å²) in [6.07, 6.45) is 0. The minimum absolute atomic E-state index is 0.653. The van der Waals surface area contributed by atoms with Crippen molar-refractivity contribution in [2.75, 3.05) is 0 Å². The number of rotatable bonds is 5. The zero-order chi connectivity index (χ0) is 42.2. The molecule has 0 atom stereocenters. The third kappa shape index (κ3) is 5.39. The van der Waals surface area contributed by atoms with Gasteiger partial charge in [-0.3, -0.25) is 0 Å². The standard InChI is InChI=1S/C60H37N3O/c1-4-17-39(18-5-1)51-37-52(63-59(62-51)42-21-8-3-9-22-42)40-33-31-38(32-34-40)43-24-16-27-48-56(43)57-49(60(48)46-25-11-14-29-53(46)64-54-30-15-12-26-47(54)60)36-35-45-55(57)44-23-10-13-28-50(44)61-58(45)41-19-6-2-7-20-41/h1-37H. The summed E-state index contributed by atoms with van der Waals surface area (Å²) < 4.78 is 6.75. The fourth-order valence-electron chi connectivity index (χ4n) is 10.4. The van der Waals surface area contributed by atoms with Crippen LogP contribution in [-0.2, 0) is 5.41 Å². The van der Waals surface area contributed by atoms with Gasteiger partial charge < -0.3 is 4.74 Å². The van der Waals surface area contributed by atoms with Crippen LogP contribution in [0.5, 0.6) is 11.5 Å². The van der Waals surface area contributed by atoms with Crippen molar-refractivity contribution in [3.8, 4) is 78.9 Å². The largest absolute Gasteiger partial charge is 0.457 e. The average molecular weight is 816 g/mol. The molecule has 0 unspecified atom stereocenters. The highest BCUT2D eigenvalue weighted by Crippen LogP contribution is 2.65. The quantitative estimate of drug-likeness (QED) is 0.162. The molecule has 0 saturated carbocycles. The van der Waals surface area contributed by atoms with Gasteiger partial charge in [0.2, 0.25) is 0 Å². The number of aromatic nitrogens is 3. The summed E-state index contributed by atoms with van der Waals surface area (Å²) in [5, 5.41) is 3.45. The Hall–Kier alpha value is -8.47. The molecule has 0 N–H and O–H groups in total. The van der Waals surface area contributed by atoms with Gasteiger partial charge in [-0.15, -0.1) is 0 Å². The van der Waals surface area contributed by atoms with Crippen LogP contribution < -0.4 is 4.74 Å². The fraction of sp³-hybridized carbons (Fsp3) is 0.0167. The first-order valence-corrected chi connectivity index (χ1v) is 21.8. The lowest BCUT2D eigenvalue weighted by molar-refractivity contribution is 0.436. The molecule has 2 aliphatic rings. The van der Waals surface area contributed by atoms with Crippen molar-refractivity contribution in [1.82, 2.24) is 15.0 Å². The Morgan fingerprint density at radius 2 is 0.875 bits per heavy atom. The summed E-state index contributed by atoms with van der Waals surface area (Å²) in [6.45, 7) is 0. The molecule has 4 nitrogen and oxygen atoms in total. The van der Waals surface area contributed by atoms with E-state index in [1.165, 1.54) is 27.6 Å². The molecule has 1 aliphatic carbocycles. The molecule has 0 saturated heterocycles. The topological polar surface area (TPSA) is 47.9 Å². The highest BCUT2D eigenvalue weighted by molar-refractivity contribution is 6.21. The Labute approximate surface area is 370 Å². The predicted molar refractivity (Wildman–Crippen MR) is 259 cm³/mol. The molecule has 3 heterocycles. The number of hydrogen-bond donors (Lipinski definition) is 0. The van der Waals surface area contributed by atoms with Crippen molar-refractivity contribution >= 4 is 21.7 Å². The van der Waals surface area contributed by atoms with Gasteiger partial charge in [0, 0.05) is 49.5 Å². The summed E-state index contributed by atoms with van der Waals surface area (Å²) >= 11 is 0. The van der Waals surface area contributed by atoms with Crippen molar-refractivity contribution in [2.24, 2.45) is 0 Å². The maximum atomic E-state index is 6.75. The van der Waals surface area contributed by atoms with E-state index in [4.69, 9.17) is 19.7 Å². The molecule has 4 heteroatoms. The van der Waals surface area contributed by atoms with Crippen molar-refractivity contribution in [2.45, 2.75) is 5.41 Å². The molecule has 1 spiro atoms. The summed E-state index contributed by atoms with van der Waals surface area (Å²) in [4.78, 5) is 15.6. The molecule has 11 aromatic rings. The zero-order valence-electron chi connectivity index (χ0n) is 34.6. The normalized spacial score (nSPS) is 12.9. The van der Waals surface area contributed by atoms with Gasteiger partial charge in [0.1, 0.15) is 11.5 Å². The lowest BCUT2D eigenvalue weighted by atomic mass is 9.66. The zero-order valence-corrected chi connectivity index (χ0v) is 34.6. The molecule has 1 aliphatic heterocycles. The second-order valence-corrected chi connectivity index (χ2v) is 16.6. The molecule has 9 aromatic carbocycles. The van der Waals surface area contributed by atoms with Gasteiger partial charge in [-0.1, -0.05) is 200 Å². The first kappa shape index (κ1) is 36.2. The number of hydrogen-bond acceptors (Lipinski definition) is 4. The van der Waals surface area contributed by atoms with Gasteiger partial charge in [0.25, 0.3) is 0 Å². The molecule has 2 aromatic heterocycles. The molecule has 0 bridgehead atoms. The minimum Gasteiger partial charge on any atom is -0.457 e. The maximum Gasteiger partial charge on any atom is 0.160 e. The number of nitrogens with zero attached hydrogens (tertiary/aromatic N) is 3. The van der Waals surface area contributed by atoms with E-state index in [9.17, 15) is 0 Å². The van der Waals surface area contributed by atoms with Gasteiger partial charge in [-0.25, -0.2) is 15.0 Å². The summed E-state index contributed by atoms with van der Waals surface area (Å²) in [5.41, 5.74) is 16.7. The van der Waals surface area contributed by atoms with Gasteiger partial charge in [0.05, 0.1) is 28.0 Å². The predicted octanol–water partition coefficient (Wildman–Crippen LogP) is 15.0. The summed E-state index contributed by atoms with van der Waals surface area (Å²) in [5.74, 6) is 2.44. The Morgan fingerprint density at radius 1 is 0.344 bits per heavy atom. The number of fused-ring (bicyclic) bond motifs is 13. The van der Waals surface area contributed by atoms with E-state index in [0.717, 1.165) is 89.4 Å². The van der Waals surface area contributed by atoms with Crippen LogP contribution in [0, 0.1) is 0 Å². The highest BCUT2D eigenvalue weighted by Gasteiger charge is 2.52. The highest BCUT2D eigenvalue weighted by atomic mass is 16.5. The van der Waals surface area contributed by atoms with E-state index in [1.54, 1.807) is 0 Å². The average Bonchev–Trinajstić information content (AvgIpc) is 3.67. The van der Waals surface area contributed by atoms with Crippen LogP contribution in [0.2, 0.25) is 0 Å². The Morgan fingerprint density at radius 3 is 1.56 bits per heavy atom. The van der Waals surface area contributed by atoms with Gasteiger partial charge in [-0.2, -0.15) is 0 Å². The third-order valence-electron chi connectivity index (χ3n) is 13.2. The Kier molecular flexibility index (Phi) is 8.09. The molecular formula is C60H37N3O. The smallest absolute Gasteiger partial charge is 0.160 e. The third-order valence-corrected chi connectivity index (χ3v) is 13.2. The van der Waals surface area contributed by atoms with E-state index < -0.39 is 5.41 Å². The molecule has 298 valence electrons. The molecule has 0 amide bonds. The van der Waals surface area contributed by atoms with Crippen LogP contribution in [0.4, 0.5) is 0 Å². The van der Waals surface area contributed by atoms with E-state index in [2.05, 4.69) is 200 Å². The van der Waals surface area contributed by atoms with Crippen LogP contribution in [0.1, 0.15) is 22.3 Å². The number of para-hydroxylation sites is 3. The van der Waals surface area contributed by atoms with Gasteiger partial charge in [-0.05, 0) is 57.6 Å². The van der Waals surface area contributed by atoms with Crippen molar-refractivity contribution in [3.05, 3.63) is 247 Å². The van der Waals surface area contributed by atoms with Gasteiger partial charge in [0.15, 0.2) is 5.82 Å². The molecular weight excluding hydrogens is 779 g/mol. The first-order chi connectivity index (χ1) is 31.7. The number of ether oxygens (including phenoxy) is 1. The van der Waals surface area contributed by atoms with E-state index in [0.29, 0.717) is 5.82 Å². The maximum absolute atomic E-state index is 6.75. The second kappa shape index (κ2) is 14.3. The molecule has 0 fully saturated rings. The Bertz CT molecular complexity index is 3520. The van der Waals surface area contributed by atoms with Gasteiger partial charge >= 0.3 is 0 Å². The summed E-state index contributed by atoms with van der Waals surface area (Å²) in [6, 6.07) is 79.5. The van der Waals surface area contributed by atoms with E-state index >= 15 is 0 Å². The minimum atomic E-state index is -0.653. The lowest BCUT2D eigenvalue weighted by Crippen LogP contribution is -2.32. The fourth-order valence-corrected chi connectivity index (χ4v) is 10.4. The number of pyridine rings is 1. The summed E-state index contributed by atoms with van der Waals surface area (Å²) in [7, 11) is 0. The number of benzene rings is 9. The van der Waals surface area contributed by atoms with Crippen molar-refractivity contribution in [1.29, 1.82) is 0 Å². The monoisotopic (exact) mass is 815 g/mol. The van der Waals surface area contributed by atoms with Crippen molar-refractivity contribution in [3.63, 3.8) is 0 Å². The lowest BCUT2D eigenvalue weighted by Gasteiger charge is -2.39. The van der Waals surface area contributed by atoms with Crippen molar-refractivity contribution < 1.29 is 4.74 Å². The van der Waals surface area contributed by atoms with E-state index in [-0.39, 0.29) is 0 Å². The van der Waals surface area contributed by atoms with Crippen LogP contribution in [-0.4, -0.2) is 15.0 Å². The molecule has 0 radical (unpaired) electrons. The van der Waals surface area contributed by atoms with Crippen LogP contribution >= 0.6 is 0 Å². The van der Waals surface area contributed by atoms with E-state index in [1.807, 2.05) is 24.3 Å².